The Morgan fingerprint density at radius 3 is 2.47 bits per heavy atom. The van der Waals surface area contributed by atoms with E-state index in [9.17, 15) is 9.59 Å². The van der Waals surface area contributed by atoms with Crippen molar-refractivity contribution in [2.45, 2.75) is 39.0 Å². The first-order valence-corrected chi connectivity index (χ1v) is 6.89. The lowest BCUT2D eigenvalue weighted by atomic mass is 9.80. The Balaban J connectivity index is 2.11. The van der Waals surface area contributed by atoms with E-state index in [-0.39, 0.29) is 18.1 Å². The molecule has 0 unspecified atom stereocenters. The van der Waals surface area contributed by atoms with Crippen LogP contribution in [0.2, 0.25) is 0 Å². The van der Waals surface area contributed by atoms with Gasteiger partial charge in [0, 0.05) is 18.7 Å². The van der Waals surface area contributed by atoms with Crippen LogP contribution in [0, 0.1) is 11.8 Å². The second-order valence-electron chi connectivity index (χ2n) is 5.66. The van der Waals surface area contributed by atoms with Gasteiger partial charge in [0.1, 0.15) is 0 Å². The number of ketones is 1. The minimum atomic E-state index is -0.869. The molecule has 0 radical (unpaired) electrons. The van der Waals surface area contributed by atoms with E-state index in [2.05, 4.69) is 6.92 Å². The second kappa shape index (κ2) is 5.59. The maximum atomic E-state index is 12.5. The minimum Gasteiger partial charge on any atom is -0.481 e. The van der Waals surface area contributed by atoms with Gasteiger partial charge >= 0.3 is 5.97 Å². The average molecular weight is 263 g/mol. The van der Waals surface area contributed by atoms with Gasteiger partial charge in [0.05, 0.1) is 12.1 Å². The molecule has 0 aliphatic heterocycles. The third-order valence-corrected chi connectivity index (χ3v) is 4.20. The summed E-state index contributed by atoms with van der Waals surface area (Å²) in [5.41, 5.74) is 1.33. The van der Waals surface area contributed by atoms with E-state index in [0.29, 0.717) is 11.4 Å². The van der Waals surface area contributed by atoms with Gasteiger partial charge in [0.2, 0.25) is 0 Å². The van der Waals surface area contributed by atoms with Gasteiger partial charge in [-0.15, -0.1) is 0 Å². The van der Waals surface area contributed by atoms with Crippen molar-refractivity contribution in [3.8, 4) is 0 Å². The molecule has 1 aliphatic rings. The lowest BCUT2D eigenvalue weighted by molar-refractivity contribution is -0.136. The molecule has 0 saturated heterocycles. The summed E-state index contributed by atoms with van der Waals surface area (Å²) < 4.78 is 1.73. The van der Waals surface area contributed by atoms with Crippen LogP contribution in [0.3, 0.4) is 0 Å². The number of aliphatic carboxylic acids is 1. The van der Waals surface area contributed by atoms with E-state index in [1.807, 2.05) is 0 Å². The number of carbonyl (C=O) groups excluding carboxylic acids is 1. The van der Waals surface area contributed by atoms with Gasteiger partial charge in [-0.05, 0) is 30.9 Å². The molecule has 1 heterocycles. The van der Waals surface area contributed by atoms with Gasteiger partial charge < -0.3 is 9.67 Å². The van der Waals surface area contributed by atoms with Crippen LogP contribution in [-0.4, -0.2) is 21.4 Å². The van der Waals surface area contributed by atoms with Crippen molar-refractivity contribution in [2.24, 2.45) is 18.9 Å². The number of aromatic nitrogens is 1. The number of rotatable bonds is 4. The monoisotopic (exact) mass is 263 g/mol. The molecule has 0 spiro atoms. The summed E-state index contributed by atoms with van der Waals surface area (Å²) in [5.74, 6) is 0.139. The molecule has 2 rings (SSSR count). The fourth-order valence-electron chi connectivity index (χ4n) is 2.86. The Hall–Kier alpha value is -1.58. The summed E-state index contributed by atoms with van der Waals surface area (Å²) in [7, 11) is 1.77. The molecule has 1 N–H and O–H groups in total. The van der Waals surface area contributed by atoms with Crippen LogP contribution in [0.25, 0.3) is 0 Å². The molecule has 4 heteroatoms. The van der Waals surface area contributed by atoms with Gasteiger partial charge in [-0.1, -0.05) is 19.8 Å². The fraction of sp³-hybridized carbons (Fsp3) is 0.600. The zero-order valence-corrected chi connectivity index (χ0v) is 11.6. The van der Waals surface area contributed by atoms with Gasteiger partial charge in [-0.2, -0.15) is 0 Å². The Morgan fingerprint density at radius 2 is 1.89 bits per heavy atom. The molecule has 0 amide bonds. The molecule has 19 heavy (non-hydrogen) atoms. The largest absolute Gasteiger partial charge is 0.481 e. The van der Waals surface area contributed by atoms with E-state index < -0.39 is 5.97 Å². The number of hydrogen-bond acceptors (Lipinski definition) is 2. The molecule has 0 atom stereocenters. The molecule has 104 valence electrons. The highest BCUT2D eigenvalue weighted by Crippen LogP contribution is 2.30. The topological polar surface area (TPSA) is 59.3 Å². The summed E-state index contributed by atoms with van der Waals surface area (Å²) in [6.07, 6.45) is 4.11. The van der Waals surface area contributed by atoms with E-state index in [1.54, 1.807) is 23.7 Å². The van der Waals surface area contributed by atoms with Gasteiger partial charge in [0.15, 0.2) is 5.78 Å². The lowest BCUT2D eigenvalue weighted by Gasteiger charge is -2.25. The zero-order valence-electron chi connectivity index (χ0n) is 11.6. The Morgan fingerprint density at radius 1 is 1.26 bits per heavy atom. The van der Waals surface area contributed by atoms with Gasteiger partial charge in [-0.3, -0.25) is 9.59 Å². The highest BCUT2D eigenvalue weighted by atomic mass is 16.4. The van der Waals surface area contributed by atoms with Crippen molar-refractivity contribution in [3.63, 3.8) is 0 Å². The second-order valence-corrected chi connectivity index (χ2v) is 5.66. The summed E-state index contributed by atoms with van der Waals surface area (Å²) in [4.78, 5) is 23.2. The highest BCUT2D eigenvalue weighted by Gasteiger charge is 2.27. The summed E-state index contributed by atoms with van der Waals surface area (Å²) in [5, 5.41) is 8.82. The molecule has 1 fully saturated rings. The molecular formula is C15H21NO3. The third-order valence-electron chi connectivity index (χ3n) is 4.20. The Labute approximate surface area is 113 Å². The SMILES string of the molecule is CC1CCC(C(=O)c2ccc(CC(=O)O)n2C)CC1. The zero-order chi connectivity index (χ0) is 14.0. The van der Waals surface area contributed by atoms with E-state index >= 15 is 0 Å². The molecule has 1 saturated carbocycles. The van der Waals surface area contributed by atoms with Crippen LogP contribution in [0.15, 0.2) is 12.1 Å². The van der Waals surface area contributed by atoms with Crippen LogP contribution >= 0.6 is 0 Å². The molecule has 4 nitrogen and oxygen atoms in total. The van der Waals surface area contributed by atoms with E-state index in [4.69, 9.17) is 5.11 Å². The molecule has 1 aromatic heterocycles. The number of carboxylic acids is 1. The first kappa shape index (κ1) is 13.8. The molecule has 1 aliphatic carbocycles. The van der Waals surface area contributed by atoms with Crippen molar-refractivity contribution in [1.82, 2.24) is 4.57 Å². The summed E-state index contributed by atoms with van der Waals surface area (Å²) in [6.45, 7) is 2.23. The smallest absolute Gasteiger partial charge is 0.309 e. The number of hydrogen-bond donors (Lipinski definition) is 1. The normalized spacial score (nSPS) is 23.3. The van der Waals surface area contributed by atoms with Crippen molar-refractivity contribution in [2.75, 3.05) is 0 Å². The molecule has 1 aromatic rings. The number of carboxylic acid groups (broad SMARTS) is 1. The number of carbonyl (C=O) groups is 2. The number of nitrogens with zero attached hydrogens (tertiary/aromatic N) is 1. The van der Waals surface area contributed by atoms with Crippen molar-refractivity contribution in [3.05, 3.63) is 23.5 Å². The van der Waals surface area contributed by atoms with Crippen LogP contribution in [-0.2, 0) is 18.3 Å². The van der Waals surface area contributed by atoms with Crippen LogP contribution < -0.4 is 0 Å². The first-order chi connectivity index (χ1) is 8.99. The lowest BCUT2D eigenvalue weighted by Crippen LogP contribution is -2.23. The fourth-order valence-corrected chi connectivity index (χ4v) is 2.86. The Kier molecular flexibility index (Phi) is 4.08. The maximum absolute atomic E-state index is 12.5. The third kappa shape index (κ3) is 3.06. The van der Waals surface area contributed by atoms with E-state index in [1.165, 1.54) is 0 Å². The standard InChI is InChI=1S/C15H21NO3/c1-10-3-5-11(6-4-10)15(19)13-8-7-12(16(13)2)9-14(17)18/h7-8,10-11H,3-6,9H2,1-2H3,(H,17,18). The molecular weight excluding hydrogens is 242 g/mol. The van der Waals surface area contributed by atoms with Crippen LogP contribution in [0.4, 0.5) is 0 Å². The quantitative estimate of drug-likeness (QED) is 0.850. The van der Waals surface area contributed by atoms with Crippen molar-refractivity contribution < 1.29 is 14.7 Å². The van der Waals surface area contributed by atoms with Gasteiger partial charge in [-0.25, -0.2) is 0 Å². The average Bonchev–Trinajstić information content (AvgIpc) is 2.70. The van der Waals surface area contributed by atoms with Crippen molar-refractivity contribution >= 4 is 11.8 Å². The molecule has 0 aromatic carbocycles. The number of Topliss-reactive ketones (excluding diaryl/α,β-unsaturated/α-hetero) is 1. The van der Waals surface area contributed by atoms with E-state index in [0.717, 1.165) is 31.6 Å². The minimum absolute atomic E-state index is 0.0362. The van der Waals surface area contributed by atoms with Crippen molar-refractivity contribution in [1.29, 1.82) is 0 Å². The predicted molar refractivity (Wildman–Crippen MR) is 72.2 cm³/mol. The first-order valence-electron chi connectivity index (χ1n) is 6.89. The summed E-state index contributed by atoms with van der Waals surface area (Å²) >= 11 is 0. The predicted octanol–water partition coefficient (Wildman–Crippen LogP) is 2.66. The Bertz CT molecular complexity index is 482. The van der Waals surface area contributed by atoms with Crippen LogP contribution in [0.1, 0.15) is 48.8 Å². The van der Waals surface area contributed by atoms with Crippen LogP contribution in [0.5, 0.6) is 0 Å². The summed E-state index contributed by atoms with van der Waals surface area (Å²) in [6, 6.07) is 3.51. The molecule has 0 bridgehead atoms. The maximum Gasteiger partial charge on any atom is 0.309 e. The van der Waals surface area contributed by atoms with Gasteiger partial charge in [0.25, 0.3) is 0 Å². The highest BCUT2D eigenvalue weighted by molar-refractivity contribution is 5.96.